The number of pyridine rings is 1. The van der Waals surface area contributed by atoms with Crippen LogP contribution in [0.25, 0.3) is 5.57 Å². The molecule has 1 aromatic rings. The minimum atomic E-state index is -0.568. The van der Waals surface area contributed by atoms with Crippen molar-refractivity contribution in [2.24, 2.45) is 0 Å². The largest absolute Gasteiger partial charge is 0.442 e. The van der Waals surface area contributed by atoms with Gasteiger partial charge in [-0.2, -0.15) is 5.06 Å². The minimum Gasteiger partial charge on any atom is -0.442 e. The summed E-state index contributed by atoms with van der Waals surface area (Å²) in [5, 5.41) is 3.75. The second kappa shape index (κ2) is 7.00. The second-order valence-corrected chi connectivity index (χ2v) is 6.51. The number of rotatable bonds is 2. The third-order valence-corrected chi connectivity index (χ3v) is 3.37. The van der Waals surface area contributed by atoms with E-state index in [2.05, 4.69) is 10.3 Å². The van der Waals surface area contributed by atoms with Crippen molar-refractivity contribution in [1.29, 1.82) is 0 Å². The van der Waals surface area contributed by atoms with E-state index in [1.165, 1.54) is 5.06 Å². The molecule has 0 fully saturated rings. The standard InChI is InChI=1S/C17H23N3O4/c1-11-8-13(9-19-14(11)15(21)18-5)12-6-7-20(23-10-12)16(22)24-17(2,3)4/h6,8-9H,7,10H2,1-5H3,(H,18,21). The second-order valence-electron chi connectivity index (χ2n) is 6.51. The van der Waals surface area contributed by atoms with Gasteiger partial charge in [-0.3, -0.25) is 14.6 Å². The zero-order valence-corrected chi connectivity index (χ0v) is 14.7. The zero-order valence-electron chi connectivity index (χ0n) is 14.7. The first-order chi connectivity index (χ1) is 11.2. The molecule has 1 N–H and O–H groups in total. The molecule has 0 aromatic carbocycles. The predicted molar refractivity (Wildman–Crippen MR) is 89.2 cm³/mol. The van der Waals surface area contributed by atoms with Gasteiger partial charge < -0.3 is 10.1 Å². The van der Waals surface area contributed by atoms with Gasteiger partial charge in [0.1, 0.15) is 17.9 Å². The molecule has 1 aromatic heterocycles. The quantitative estimate of drug-likeness (QED) is 0.898. The van der Waals surface area contributed by atoms with E-state index in [-0.39, 0.29) is 12.5 Å². The molecule has 2 amide bonds. The fourth-order valence-electron chi connectivity index (χ4n) is 2.20. The Labute approximate surface area is 141 Å². The maximum absolute atomic E-state index is 12.0. The Hall–Kier alpha value is -2.41. The maximum Gasteiger partial charge on any atom is 0.434 e. The Morgan fingerprint density at radius 3 is 2.58 bits per heavy atom. The molecule has 2 rings (SSSR count). The molecule has 2 heterocycles. The highest BCUT2D eigenvalue weighted by atomic mass is 16.7. The topological polar surface area (TPSA) is 80.8 Å². The van der Waals surface area contributed by atoms with Gasteiger partial charge in [-0.25, -0.2) is 4.79 Å². The number of carbonyl (C=O) groups excluding carboxylic acids is 2. The van der Waals surface area contributed by atoms with Crippen molar-refractivity contribution in [2.75, 3.05) is 20.2 Å². The zero-order chi connectivity index (χ0) is 17.9. The molecule has 0 spiro atoms. The van der Waals surface area contributed by atoms with E-state index >= 15 is 0 Å². The lowest BCUT2D eigenvalue weighted by molar-refractivity contribution is -0.133. The molecular formula is C17H23N3O4. The SMILES string of the molecule is CNC(=O)c1ncc(C2=CCN(C(=O)OC(C)(C)C)OC2)cc1C. The lowest BCUT2D eigenvalue weighted by atomic mass is 10.0. The van der Waals surface area contributed by atoms with Crippen LogP contribution in [0.5, 0.6) is 0 Å². The molecule has 1 aliphatic heterocycles. The van der Waals surface area contributed by atoms with Gasteiger partial charge in [0.15, 0.2) is 0 Å². The average Bonchev–Trinajstić information content (AvgIpc) is 2.52. The fraction of sp³-hybridized carbons (Fsp3) is 0.471. The van der Waals surface area contributed by atoms with E-state index in [1.54, 1.807) is 34.0 Å². The number of amides is 2. The molecular weight excluding hydrogens is 310 g/mol. The molecule has 0 aliphatic carbocycles. The summed E-state index contributed by atoms with van der Waals surface area (Å²) in [6.07, 6.45) is 3.02. The summed E-state index contributed by atoms with van der Waals surface area (Å²) in [7, 11) is 1.57. The van der Waals surface area contributed by atoms with Crippen molar-refractivity contribution in [2.45, 2.75) is 33.3 Å². The number of aromatic nitrogens is 1. The van der Waals surface area contributed by atoms with Crippen LogP contribution < -0.4 is 5.32 Å². The number of carbonyl (C=O) groups is 2. The van der Waals surface area contributed by atoms with Crippen LogP contribution in [-0.4, -0.2) is 47.8 Å². The monoisotopic (exact) mass is 333 g/mol. The normalized spacial score (nSPS) is 14.9. The number of hydrogen-bond donors (Lipinski definition) is 1. The average molecular weight is 333 g/mol. The van der Waals surface area contributed by atoms with Gasteiger partial charge in [0.25, 0.3) is 5.91 Å². The van der Waals surface area contributed by atoms with Crippen LogP contribution in [0.1, 0.15) is 42.4 Å². The van der Waals surface area contributed by atoms with Crippen LogP contribution in [0.2, 0.25) is 0 Å². The minimum absolute atomic E-state index is 0.218. The van der Waals surface area contributed by atoms with Crippen molar-refractivity contribution >= 4 is 17.6 Å². The van der Waals surface area contributed by atoms with Gasteiger partial charge in [0.2, 0.25) is 0 Å². The maximum atomic E-state index is 12.0. The van der Waals surface area contributed by atoms with Crippen LogP contribution in [-0.2, 0) is 9.57 Å². The number of nitrogens with one attached hydrogen (secondary N) is 1. The molecule has 1 aliphatic rings. The molecule has 7 nitrogen and oxygen atoms in total. The third-order valence-electron chi connectivity index (χ3n) is 3.37. The smallest absolute Gasteiger partial charge is 0.434 e. The molecule has 0 bridgehead atoms. The van der Waals surface area contributed by atoms with E-state index in [0.717, 1.165) is 16.7 Å². The number of hydrogen-bond acceptors (Lipinski definition) is 5. The lowest BCUT2D eigenvalue weighted by Gasteiger charge is -2.28. The van der Waals surface area contributed by atoms with Crippen molar-refractivity contribution in [3.8, 4) is 0 Å². The van der Waals surface area contributed by atoms with E-state index < -0.39 is 11.7 Å². The van der Waals surface area contributed by atoms with Gasteiger partial charge in [0, 0.05) is 13.2 Å². The summed E-state index contributed by atoms with van der Waals surface area (Å²) in [5.74, 6) is -0.218. The molecule has 0 radical (unpaired) electrons. The van der Waals surface area contributed by atoms with Gasteiger partial charge in [-0.1, -0.05) is 6.08 Å². The molecule has 0 saturated carbocycles. The molecule has 0 unspecified atom stereocenters. The van der Waals surface area contributed by atoms with E-state index in [9.17, 15) is 9.59 Å². The van der Waals surface area contributed by atoms with Gasteiger partial charge in [-0.15, -0.1) is 0 Å². The summed E-state index contributed by atoms with van der Waals surface area (Å²) in [5.41, 5.74) is 2.38. The number of ether oxygens (including phenoxy) is 1. The van der Waals surface area contributed by atoms with Crippen molar-refractivity contribution in [3.05, 3.63) is 35.2 Å². The Balaban J connectivity index is 2.09. The van der Waals surface area contributed by atoms with Crippen LogP contribution in [0.4, 0.5) is 4.79 Å². The fourth-order valence-corrected chi connectivity index (χ4v) is 2.20. The van der Waals surface area contributed by atoms with Gasteiger partial charge in [-0.05, 0) is 50.5 Å². The molecule has 0 saturated heterocycles. The number of hydroxylamine groups is 2. The highest BCUT2D eigenvalue weighted by molar-refractivity contribution is 5.93. The Morgan fingerprint density at radius 2 is 2.08 bits per heavy atom. The third kappa shape index (κ3) is 4.32. The summed E-state index contributed by atoms with van der Waals surface area (Å²) in [6, 6.07) is 1.88. The first kappa shape index (κ1) is 17.9. The first-order valence-electron chi connectivity index (χ1n) is 7.73. The molecule has 7 heteroatoms. The molecule has 0 atom stereocenters. The van der Waals surface area contributed by atoms with Crippen LogP contribution >= 0.6 is 0 Å². The van der Waals surface area contributed by atoms with Crippen LogP contribution in [0.15, 0.2) is 18.3 Å². The van der Waals surface area contributed by atoms with Crippen molar-refractivity contribution < 1.29 is 19.2 Å². The highest BCUT2D eigenvalue weighted by Gasteiger charge is 2.25. The lowest BCUT2D eigenvalue weighted by Crippen LogP contribution is -2.39. The molecule has 130 valence electrons. The summed E-state index contributed by atoms with van der Waals surface area (Å²) >= 11 is 0. The van der Waals surface area contributed by atoms with Gasteiger partial charge >= 0.3 is 6.09 Å². The number of aryl methyl sites for hydroxylation is 1. The van der Waals surface area contributed by atoms with E-state index in [0.29, 0.717) is 12.2 Å². The summed E-state index contributed by atoms with van der Waals surface area (Å²) < 4.78 is 5.27. The summed E-state index contributed by atoms with van der Waals surface area (Å²) in [6.45, 7) is 7.77. The highest BCUT2D eigenvalue weighted by Crippen LogP contribution is 2.21. The van der Waals surface area contributed by atoms with Crippen LogP contribution in [0, 0.1) is 6.92 Å². The Morgan fingerprint density at radius 1 is 1.38 bits per heavy atom. The Bertz CT molecular complexity index is 677. The molecule has 24 heavy (non-hydrogen) atoms. The van der Waals surface area contributed by atoms with E-state index in [4.69, 9.17) is 9.57 Å². The Kier molecular flexibility index (Phi) is 5.23. The van der Waals surface area contributed by atoms with Crippen LogP contribution in [0.3, 0.4) is 0 Å². The predicted octanol–water partition coefficient (Wildman–Crippen LogP) is 2.32. The summed E-state index contributed by atoms with van der Waals surface area (Å²) in [4.78, 5) is 33.3. The van der Waals surface area contributed by atoms with E-state index in [1.807, 2.05) is 19.1 Å². The van der Waals surface area contributed by atoms with Crippen molar-refractivity contribution in [1.82, 2.24) is 15.4 Å². The van der Waals surface area contributed by atoms with Crippen molar-refractivity contribution in [3.63, 3.8) is 0 Å². The first-order valence-corrected chi connectivity index (χ1v) is 7.73. The number of nitrogens with zero attached hydrogens (tertiary/aromatic N) is 2. The van der Waals surface area contributed by atoms with Gasteiger partial charge in [0.05, 0.1) is 6.54 Å².